The molecule has 1 nitrogen and oxygen atoms in total. The van der Waals surface area contributed by atoms with Gasteiger partial charge in [-0.15, -0.1) is 0 Å². The number of ether oxygens (including phenoxy) is 1. The molecule has 0 spiro atoms. The molecule has 100 valence electrons. The summed E-state index contributed by atoms with van der Waals surface area (Å²) in [7, 11) is 0. The van der Waals surface area contributed by atoms with Gasteiger partial charge in [-0.2, -0.15) is 0 Å². The summed E-state index contributed by atoms with van der Waals surface area (Å²) in [4.78, 5) is 0. The van der Waals surface area contributed by atoms with Gasteiger partial charge >= 0.3 is 0 Å². The van der Waals surface area contributed by atoms with Crippen LogP contribution >= 0.6 is 15.9 Å². The van der Waals surface area contributed by atoms with Crippen molar-refractivity contribution in [3.63, 3.8) is 0 Å². The first-order chi connectivity index (χ1) is 8.72. The number of alkyl halides is 1. The Labute approximate surface area is 117 Å². The highest BCUT2D eigenvalue weighted by atomic mass is 79.9. The van der Waals surface area contributed by atoms with Gasteiger partial charge in [-0.1, -0.05) is 29.3 Å². The van der Waals surface area contributed by atoms with E-state index in [0.29, 0.717) is 11.4 Å². The summed E-state index contributed by atoms with van der Waals surface area (Å²) < 4.78 is 19.2. The Morgan fingerprint density at radius 3 is 2.61 bits per heavy atom. The van der Waals surface area contributed by atoms with E-state index in [1.165, 1.54) is 25.3 Å². The molecule has 1 fully saturated rings. The number of halogens is 2. The van der Waals surface area contributed by atoms with Crippen LogP contribution in [0.1, 0.15) is 44.6 Å². The average Bonchev–Trinajstić information content (AvgIpc) is 2.41. The van der Waals surface area contributed by atoms with Crippen molar-refractivity contribution in [1.29, 1.82) is 0 Å². The first-order valence-corrected chi connectivity index (χ1v) is 7.86. The Kier molecular flexibility index (Phi) is 5.04. The summed E-state index contributed by atoms with van der Waals surface area (Å²) in [5.41, 5.74) is 0.896. The van der Waals surface area contributed by atoms with E-state index >= 15 is 0 Å². The molecule has 0 aliphatic heterocycles. The zero-order chi connectivity index (χ0) is 13.0. The zero-order valence-corrected chi connectivity index (χ0v) is 12.4. The first kappa shape index (κ1) is 13.9. The Hall–Kier alpha value is -0.570. The largest absolute Gasteiger partial charge is 0.490 e. The molecule has 0 N–H and O–H groups in total. The third kappa shape index (κ3) is 3.47. The highest BCUT2D eigenvalue weighted by molar-refractivity contribution is 9.08. The lowest BCUT2D eigenvalue weighted by molar-refractivity contribution is 0.129. The van der Waals surface area contributed by atoms with E-state index in [1.54, 1.807) is 12.1 Å². The van der Waals surface area contributed by atoms with Gasteiger partial charge in [0.1, 0.15) is 11.6 Å². The van der Waals surface area contributed by atoms with E-state index < -0.39 is 0 Å². The Bertz CT molecular complexity index is 386. The van der Waals surface area contributed by atoms with Crippen molar-refractivity contribution in [3.8, 4) is 5.75 Å². The summed E-state index contributed by atoms with van der Waals surface area (Å²) in [5.74, 6) is 1.49. The standard InChI is InChI=1S/C15H20BrFO/c1-2-11-3-6-14(7-4-11)18-15-8-5-13(17)9-12(15)10-16/h5,8-9,11,14H,2-4,6-7,10H2,1H3. The van der Waals surface area contributed by atoms with Crippen molar-refractivity contribution in [1.82, 2.24) is 0 Å². The topological polar surface area (TPSA) is 9.23 Å². The van der Waals surface area contributed by atoms with Crippen LogP contribution in [0.3, 0.4) is 0 Å². The maximum atomic E-state index is 13.1. The predicted octanol–water partition coefficient (Wildman–Crippen LogP) is 5.07. The molecule has 18 heavy (non-hydrogen) atoms. The molecule has 1 saturated carbocycles. The minimum absolute atomic E-state index is 0.202. The van der Waals surface area contributed by atoms with Crippen molar-refractivity contribution < 1.29 is 9.13 Å². The molecule has 3 heteroatoms. The normalized spacial score (nSPS) is 23.9. The van der Waals surface area contributed by atoms with Gasteiger partial charge in [0.2, 0.25) is 0 Å². The molecule has 0 unspecified atom stereocenters. The highest BCUT2D eigenvalue weighted by Crippen LogP contribution is 2.31. The Morgan fingerprint density at radius 1 is 1.28 bits per heavy atom. The lowest BCUT2D eigenvalue weighted by Crippen LogP contribution is -2.24. The van der Waals surface area contributed by atoms with Gasteiger partial charge in [0, 0.05) is 10.9 Å². The second-order valence-corrected chi connectivity index (χ2v) is 5.62. The number of hydrogen-bond donors (Lipinski definition) is 0. The average molecular weight is 315 g/mol. The summed E-state index contributed by atoms with van der Waals surface area (Å²) in [5, 5.41) is 0.629. The van der Waals surface area contributed by atoms with Crippen LogP contribution in [0.15, 0.2) is 18.2 Å². The fourth-order valence-corrected chi connectivity index (χ4v) is 3.04. The summed E-state index contributed by atoms with van der Waals surface area (Å²) >= 11 is 3.38. The number of hydrogen-bond acceptors (Lipinski definition) is 1. The van der Waals surface area contributed by atoms with Crippen molar-refractivity contribution in [3.05, 3.63) is 29.6 Å². The van der Waals surface area contributed by atoms with E-state index in [0.717, 1.165) is 30.1 Å². The van der Waals surface area contributed by atoms with Gasteiger partial charge in [-0.05, 0) is 49.8 Å². The number of benzene rings is 1. The van der Waals surface area contributed by atoms with Crippen molar-refractivity contribution in [2.45, 2.75) is 50.5 Å². The molecule has 2 rings (SSSR count). The first-order valence-electron chi connectivity index (χ1n) is 6.74. The van der Waals surface area contributed by atoms with E-state index in [4.69, 9.17) is 4.74 Å². The SMILES string of the molecule is CCC1CCC(Oc2ccc(F)cc2CBr)CC1. The minimum Gasteiger partial charge on any atom is -0.490 e. The summed E-state index contributed by atoms with van der Waals surface area (Å²) in [6.45, 7) is 2.26. The lowest BCUT2D eigenvalue weighted by atomic mass is 9.86. The maximum Gasteiger partial charge on any atom is 0.123 e. The summed E-state index contributed by atoms with van der Waals surface area (Å²) in [6.07, 6.45) is 6.33. The van der Waals surface area contributed by atoms with Crippen LogP contribution in [0.5, 0.6) is 5.75 Å². The molecule has 1 aromatic rings. The van der Waals surface area contributed by atoms with Crippen LogP contribution in [-0.4, -0.2) is 6.10 Å². The van der Waals surface area contributed by atoms with Crippen molar-refractivity contribution >= 4 is 15.9 Å². The van der Waals surface area contributed by atoms with E-state index in [9.17, 15) is 4.39 Å². The molecule has 0 aromatic heterocycles. The molecule has 0 saturated heterocycles. The predicted molar refractivity (Wildman–Crippen MR) is 75.7 cm³/mol. The Balaban J connectivity index is 1.97. The van der Waals surface area contributed by atoms with Crippen LogP contribution in [0, 0.1) is 11.7 Å². The monoisotopic (exact) mass is 314 g/mol. The quantitative estimate of drug-likeness (QED) is 0.705. The second-order valence-electron chi connectivity index (χ2n) is 5.05. The minimum atomic E-state index is -0.202. The van der Waals surface area contributed by atoms with Crippen LogP contribution < -0.4 is 4.74 Å². The fourth-order valence-electron chi connectivity index (χ4n) is 2.60. The molecular weight excluding hydrogens is 295 g/mol. The van der Waals surface area contributed by atoms with Crippen LogP contribution in [0.2, 0.25) is 0 Å². The van der Waals surface area contributed by atoms with Gasteiger partial charge in [0.25, 0.3) is 0 Å². The molecule has 1 aromatic carbocycles. The lowest BCUT2D eigenvalue weighted by Gasteiger charge is -2.28. The van der Waals surface area contributed by atoms with Crippen LogP contribution in [0.4, 0.5) is 4.39 Å². The van der Waals surface area contributed by atoms with E-state index in [1.807, 2.05) is 0 Å². The van der Waals surface area contributed by atoms with Gasteiger partial charge in [0.05, 0.1) is 6.10 Å². The highest BCUT2D eigenvalue weighted by Gasteiger charge is 2.21. The zero-order valence-electron chi connectivity index (χ0n) is 10.8. The second kappa shape index (κ2) is 6.55. The van der Waals surface area contributed by atoms with Gasteiger partial charge < -0.3 is 4.74 Å². The van der Waals surface area contributed by atoms with E-state index in [-0.39, 0.29) is 5.82 Å². The number of rotatable bonds is 4. The fraction of sp³-hybridized carbons (Fsp3) is 0.600. The molecule has 0 heterocycles. The molecule has 0 amide bonds. The smallest absolute Gasteiger partial charge is 0.123 e. The van der Waals surface area contributed by atoms with Gasteiger partial charge in [0.15, 0.2) is 0 Å². The Morgan fingerprint density at radius 2 is 2.00 bits per heavy atom. The van der Waals surface area contributed by atoms with Gasteiger partial charge in [-0.25, -0.2) is 4.39 Å². The molecular formula is C15H20BrFO. The molecule has 0 bridgehead atoms. The van der Waals surface area contributed by atoms with Crippen molar-refractivity contribution in [2.75, 3.05) is 0 Å². The molecule has 0 atom stereocenters. The summed E-state index contributed by atoms with van der Waals surface area (Å²) in [6, 6.07) is 4.76. The molecule has 0 radical (unpaired) electrons. The van der Waals surface area contributed by atoms with Crippen LogP contribution in [-0.2, 0) is 5.33 Å². The maximum absolute atomic E-state index is 13.1. The molecule has 1 aliphatic carbocycles. The third-order valence-electron chi connectivity index (χ3n) is 3.83. The molecule has 1 aliphatic rings. The van der Waals surface area contributed by atoms with Gasteiger partial charge in [-0.3, -0.25) is 0 Å². The third-order valence-corrected chi connectivity index (χ3v) is 4.44. The van der Waals surface area contributed by atoms with Crippen molar-refractivity contribution in [2.24, 2.45) is 5.92 Å². The van der Waals surface area contributed by atoms with E-state index in [2.05, 4.69) is 22.9 Å². The van der Waals surface area contributed by atoms with Crippen LogP contribution in [0.25, 0.3) is 0 Å².